The molecule has 0 bridgehead atoms. The number of hydrogen-bond acceptors (Lipinski definition) is 7. The molecule has 0 saturated carbocycles. The number of hydrogen-bond donors (Lipinski definition) is 0. The Kier molecular flexibility index (Phi) is 5.81. The van der Waals surface area contributed by atoms with Crippen LogP contribution >= 0.6 is 0 Å². The van der Waals surface area contributed by atoms with Crippen molar-refractivity contribution in [2.45, 2.75) is 26.4 Å². The lowest BCUT2D eigenvalue weighted by molar-refractivity contribution is 0.125. The lowest BCUT2D eigenvalue weighted by Crippen LogP contribution is -2.16. The van der Waals surface area contributed by atoms with E-state index in [1.165, 1.54) is 0 Å². The zero-order valence-corrected chi connectivity index (χ0v) is 22.0. The van der Waals surface area contributed by atoms with Crippen molar-refractivity contribution in [2.75, 3.05) is 0 Å². The van der Waals surface area contributed by atoms with Gasteiger partial charge in [-0.05, 0) is 37.1 Å². The molecule has 3 aromatic carbocycles. The van der Waals surface area contributed by atoms with E-state index in [2.05, 4.69) is 27.4 Å². The first kappa shape index (κ1) is 23.8. The Labute approximate surface area is 230 Å². The summed E-state index contributed by atoms with van der Waals surface area (Å²) in [5.41, 5.74) is 7.10. The van der Waals surface area contributed by atoms with Gasteiger partial charge in [0.25, 0.3) is 0 Å². The Hall–Kier alpha value is -5.31. The van der Waals surface area contributed by atoms with Crippen molar-refractivity contribution in [3.63, 3.8) is 0 Å². The van der Waals surface area contributed by atoms with E-state index in [0.29, 0.717) is 23.2 Å². The molecule has 0 amide bonds. The molecule has 196 valence electrons. The molecule has 1 aliphatic rings. The Bertz CT molecular complexity index is 1850. The fourth-order valence-electron chi connectivity index (χ4n) is 5.13. The summed E-state index contributed by atoms with van der Waals surface area (Å²) in [5, 5.41) is 13.8. The van der Waals surface area contributed by atoms with Gasteiger partial charge in [-0.25, -0.2) is 19.2 Å². The summed E-state index contributed by atoms with van der Waals surface area (Å²) in [4.78, 5) is 15.1. The third-order valence-electron chi connectivity index (χ3n) is 6.98. The van der Waals surface area contributed by atoms with E-state index < -0.39 is 0 Å². The minimum Gasteiger partial charge on any atom is -0.420 e. The van der Waals surface area contributed by atoms with Crippen LogP contribution in [0.25, 0.3) is 11.3 Å². The molecule has 0 aliphatic carbocycles. The first-order valence-electron chi connectivity index (χ1n) is 13.0. The first-order chi connectivity index (χ1) is 19.7. The highest BCUT2D eigenvalue weighted by atomic mass is 16.6. The lowest BCUT2D eigenvalue weighted by atomic mass is 9.84. The number of rotatable bonds is 6. The fourth-order valence-corrected chi connectivity index (χ4v) is 5.13. The van der Waals surface area contributed by atoms with Gasteiger partial charge in [0.2, 0.25) is 11.8 Å². The molecule has 4 heterocycles. The predicted octanol–water partition coefficient (Wildman–Crippen LogP) is 5.85. The molecule has 0 N–H and O–H groups in total. The minimum absolute atomic E-state index is 0.119. The predicted molar refractivity (Wildman–Crippen MR) is 150 cm³/mol. The van der Waals surface area contributed by atoms with Crippen molar-refractivity contribution in [1.29, 1.82) is 0 Å². The van der Waals surface area contributed by atoms with Crippen LogP contribution in [0.3, 0.4) is 0 Å². The van der Waals surface area contributed by atoms with Crippen molar-refractivity contribution in [3.8, 4) is 17.4 Å². The van der Waals surface area contributed by atoms with E-state index in [1.807, 2.05) is 97.4 Å². The molecular formula is C31H25N7O2. The maximum absolute atomic E-state index is 6.47. The number of aryl methyl sites for hydroxylation is 1. The van der Waals surface area contributed by atoms with E-state index in [-0.39, 0.29) is 12.5 Å². The van der Waals surface area contributed by atoms with Crippen LogP contribution in [-0.2, 0) is 11.4 Å². The summed E-state index contributed by atoms with van der Waals surface area (Å²) < 4.78 is 9.98. The average Bonchev–Trinajstić information content (AvgIpc) is 3.57. The Morgan fingerprint density at radius 1 is 0.900 bits per heavy atom. The van der Waals surface area contributed by atoms with Crippen molar-refractivity contribution in [1.82, 2.24) is 29.4 Å². The maximum Gasteiger partial charge on any atom is 0.230 e. The van der Waals surface area contributed by atoms with Crippen molar-refractivity contribution < 1.29 is 9.57 Å². The Morgan fingerprint density at radius 2 is 1.60 bits per heavy atom. The molecular weight excluding hydrogens is 502 g/mol. The van der Waals surface area contributed by atoms with Gasteiger partial charge in [-0.15, -0.1) is 5.10 Å². The molecule has 9 heteroatoms. The molecule has 0 saturated heterocycles. The van der Waals surface area contributed by atoms with Gasteiger partial charge in [0, 0.05) is 0 Å². The summed E-state index contributed by atoms with van der Waals surface area (Å²) in [5.74, 6) is 1.42. The quantitative estimate of drug-likeness (QED) is 0.199. The monoisotopic (exact) mass is 527 g/mol. The van der Waals surface area contributed by atoms with Gasteiger partial charge in [-0.2, -0.15) is 5.10 Å². The molecule has 0 spiro atoms. The highest BCUT2D eigenvalue weighted by Gasteiger charge is 2.38. The molecule has 40 heavy (non-hydrogen) atoms. The number of aromatic nitrogens is 6. The maximum atomic E-state index is 6.47. The number of para-hydroxylation sites is 1. The molecule has 7 rings (SSSR count). The molecule has 0 radical (unpaired) electrons. The van der Waals surface area contributed by atoms with Gasteiger partial charge in [-0.3, -0.25) is 0 Å². The number of oxime groups is 1. The minimum atomic E-state index is -0.204. The second-order valence-corrected chi connectivity index (χ2v) is 9.57. The highest BCUT2D eigenvalue weighted by molar-refractivity contribution is 5.98. The van der Waals surface area contributed by atoms with Crippen molar-refractivity contribution in [2.24, 2.45) is 5.16 Å². The third kappa shape index (κ3) is 4.08. The lowest BCUT2D eigenvalue weighted by Gasteiger charge is -2.26. The number of fused-ring (bicyclic) bond motifs is 4. The van der Waals surface area contributed by atoms with Crippen molar-refractivity contribution >= 4 is 11.4 Å². The summed E-state index contributed by atoms with van der Waals surface area (Å²) in [7, 11) is 0. The van der Waals surface area contributed by atoms with Crippen LogP contribution < -0.4 is 4.74 Å². The Balaban J connectivity index is 1.31. The van der Waals surface area contributed by atoms with Gasteiger partial charge >= 0.3 is 0 Å². The second-order valence-electron chi connectivity index (χ2n) is 9.57. The van der Waals surface area contributed by atoms with Crippen LogP contribution in [0.4, 0.5) is 0 Å². The topological polar surface area (TPSA) is 91.7 Å². The van der Waals surface area contributed by atoms with Crippen LogP contribution in [-0.4, -0.2) is 35.1 Å². The van der Waals surface area contributed by atoms with Crippen LogP contribution in [0, 0.1) is 6.92 Å². The van der Waals surface area contributed by atoms with Gasteiger partial charge in [0.05, 0.1) is 34.1 Å². The molecule has 1 unspecified atom stereocenters. The summed E-state index contributed by atoms with van der Waals surface area (Å²) in [6.45, 7) is 4.03. The molecule has 1 atom stereocenters. The number of ether oxygens (including phenoxy) is 1. The summed E-state index contributed by atoms with van der Waals surface area (Å²) in [6.07, 6.45) is 1.62. The average molecular weight is 528 g/mol. The van der Waals surface area contributed by atoms with Crippen molar-refractivity contribution in [3.05, 3.63) is 131 Å². The highest BCUT2D eigenvalue weighted by Crippen LogP contribution is 2.49. The van der Waals surface area contributed by atoms with E-state index in [0.717, 1.165) is 39.3 Å². The SMILES string of the molecule is C/C(=N/OCc1nc2c3c(ncn2n1)Oc1c(c(C)nn1-c1ccccc1)C3c1ccccc1)c1ccccc1. The second kappa shape index (κ2) is 9.77. The van der Waals surface area contributed by atoms with E-state index in [4.69, 9.17) is 19.7 Å². The zero-order valence-electron chi connectivity index (χ0n) is 22.0. The van der Waals surface area contributed by atoms with Crippen LogP contribution in [0.2, 0.25) is 0 Å². The summed E-state index contributed by atoms with van der Waals surface area (Å²) >= 11 is 0. The number of benzene rings is 3. The third-order valence-corrected chi connectivity index (χ3v) is 6.98. The van der Waals surface area contributed by atoms with Gasteiger partial charge < -0.3 is 9.57 Å². The van der Waals surface area contributed by atoms with Gasteiger partial charge in [0.1, 0.15) is 6.33 Å². The van der Waals surface area contributed by atoms with Gasteiger partial charge in [0.15, 0.2) is 18.1 Å². The summed E-state index contributed by atoms with van der Waals surface area (Å²) in [6, 6.07) is 30.1. The largest absolute Gasteiger partial charge is 0.420 e. The molecule has 3 aromatic heterocycles. The molecule has 0 fully saturated rings. The van der Waals surface area contributed by atoms with E-state index in [1.54, 1.807) is 10.8 Å². The fraction of sp³-hybridized carbons (Fsp3) is 0.129. The van der Waals surface area contributed by atoms with Crippen LogP contribution in [0.5, 0.6) is 11.8 Å². The smallest absolute Gasteiger partial charge is 0.230 e. The van der Waals surface area contributed by atoms with E-state index in [9.17, 15) is 0 Å². The first-order valence-corrected chi connectivity index (χ1v) is 13.0. The normalized spacial score (nSPS) is 14.4. The standard InChI is InChI=1S/C31H25N7O2/c1-20(22-12-6-3-7-13-22)36-39-18-25-33-29-28-27(23-14-8-4-9-15-23)26-21(2)34-38(24-16-10-5-11-17-24)31(26)40-30(28)32-19-37(29)35-25/h3-17,19,27H,18H2,1-2H3/b36-20-. The molecule has 9 nitrogen and oxygen atoms in total. The zero-order chi connectivity index (χ0) is 27.1. The number of nitrogens with zero attached hydrogens (tertiary/aromatic N) is 7. The van der Waals surface area contributed by atoms with Crippen LogP contribution in [0.15, 0.2) is 102 Å². The van der Waals surface area contributed by atoms with E-state index >= 15 is 0 Å². The Morgan fingerprint density at radius 3 is 2.35 bits per heavy atom. The molecule has 1 aliphatic heterocycles. The molecule has 6 aromatic rings. The van der Waals surface area contributed by atoms with Gasteiger partial charge in [-0.1, -0.05) is 84.0 Å². The van der Waals surface area contributed by atoms with Crippen LogP contribution in [0.1, 0.15) is 46.6 Å².